The number of hydrogen-bond donors (Lipinski definition) is 2. The third-order valence-electron chi connectivity index (χ3n) is 4.36. The molecule has 0 aliphatic carbocycles. The molecule has 0 spiro atoms. The summed E-state index contributed by atoms with van der Waals surface area (Å²) in [7, 11) is 0. The number of rotatable bonds is 4. The lowest BCUT2D eigenvalue weighted by Gasteiger charge is -2.29. The minimum atomic E-state index is -0.313. The Hall–Kier alpha value is -1.92. The number of morpholine rings is 1. The molecule has 2 aliphatic rings. The molecule has 23 heavy (non-hydrogen) atoms. The Morgan fingerprint density at radius 2 is 2.35 bits per heavy atom. The molecule has 2 N–H and O–H groups in total. The number of nitrogens with one attached hydrogen (secondary N) is 2. The van der Waals surface area contributed by atoms with E-state index >= 15 is 0 Å². The number of carbonyl (C=O) groups excluding carboxylic acids is 2. The number of ether oxygens (including phenoxy) is 1. The lowest BCUT2D eigenvalue weighted by molar-refractivity contribution is -0.129. The Morgan fingerprint density at radius 1 is 1.48 bits per heavy atom. The summed E-state index contributed by atoms with van der Waals surface area (Å²) in [6, 6.07) is 7.48. The Kier molecular flexibility index (Phi) is 4.93. The SMILES string of the molecule is C[C@H]1OCCN[C@@H]1C(=O)NCc1cccc(N2CCCC2=O)c1. The zero-order chi connectivity index (χ0) is 16.2. The standard InChI is InChI=1S/C17H23N3O3/c1-12-16(18-7-9-23-12)17(22)19-11-13-4-2-5-14(10-13)20-8-3-6-15(20)21/h2,4-5,10,12,16,18H,3,6-9,11H2,1H3,(H,19,22)/t12-,16+/m1/s1. The summed E-state index contributed by atoms with van der Waals surface area (Å²) in [6.45, 7) is 4.44. The summed E-state index contributed by atoms with van der Waals surface area (Å²) in [4.78, 5) is 25.9. The average molecular weight is 317 g/mol. The number of hydrogen-bond acceptors (Lipinski definition) is 4. The molecule has 2 aliphatic heterocycles. The van der Waals surface area contributed by atoms with E-state index in [0.717, 1.165) is 24.2 Å². The van der Waals surface area contributed by atoms with Gasteiger partial charge in [-0.3, -0.25) is 9.59 Å². The minimum absolute atomic E-state index is 0.0557. The van der Waals surface area contributed by atoms with Crippen molar-refractivity contribution >= 4 is 17.5 Å². The summed E-state index contributed by atoms with van der Waals surface area (Å²) in [5, 5.41) is 6.12. The van der Waals surface area contributed by atoms with Crippen molar-refractivity contribution in [3.8, 4) is 0 Å². The Bertz CT molecular complexity index is 590. The van der Waals surface area contributed by atoms with Crippen molar-refractivity contribution in [1.82, 2.24) is 10.6 Å². The van der Waals surface area contributed by atoms with Gasteiger partial charge in [-0.2, -0.15) is 0 Å². The normalized spacial score (nSPS) is 24.7. The Labute approximate surface area is 136 Å². The molecule has 3 rings (SSSR count). The summed E-state index contributed by atoms with van der Waals surface area (Å²) in [5.41, 5.74) is 1.90. The van der Waals surface area contributed by atoms with Gasteiger partial charge in [0.2, 0.25) is 11.8 Å². The number of benzene rings is 1. The van der Waals surface area contributed by atoms with Crippen LogP contribution in [-0.4, -0.2) is 43.7 Å². The van der Waals surface area contributed by atoms with Crippen LogP contribution in [0, 0.1) is 0 Å². The number of carbonyl (C=O) groups is 2. The second-order valence-electron chi connectivity index (χ2n) is 6.04. The minimum Gasteiger partial charge on any atom is -0.375 e. The molecule has 6 nitrogen and oxygen atoms in total. The quantitative estimate of drug-likeness (QED) is 0.862. The van der Waals surface area contributed by atoms with Crippen LogP contribution in [0.4, 0.5) is 5.69 Å². The van der Waals surface area contributed by atoms with Crippen LogP contribution in [0.5, 0.6) is 0 Å². The van der Waals surface area contributed by atoms with Crippen molar-refractivity contribution in [2.75, 3.05) is 24.6 Å². The molecule has 0 bridgehead atoms. The van der Waals surface area contributed by atoms with Gasteiger partial charge in [-0.25, -0.2) is 0 Å². The summed E-state index contributed by atoms with van der Waals surface area (Å²) < 4.78 is 5.49. The van der Waals surface area contributed by atoms with E-state index in [0.29, 0.717) is 26.1 Å². The van der Waals surface area contributed by atoms with Gasteiger partial charge in [0.05, 0.1) is 12.7 Å². The van der Waals surface area contributed by atoms with Crippen LogP contribution < -0.4 is 15.5 Å². The van der Waals surface area contributed by atoms with Crippen LogP contribution in [0.2, 0.25) is 0 Å². The Balaban J connectivity index is 1.60. The van der Waals surface area contributed by atoms with Crippen LogP contribution in [0.1, 0.15) is 25.3 Å². The van der Waals surface area contributed by atoms with E-state index in [1.807, 2.05) is 36.1 Å². The van der Waals surface area contributed by atoms with E-state index in [1.165, 1.54) is 0 Å². The first-order chi connectivity index (χ1) is 11.1. The third-order valence-corrected chi connectivity index (χ3v) is 4.36. The molecule has 1 aromatic rings. The van der Waals surface area contributed by atoms with Gasteiger partial charge in [0, 0.05) is 31.7 Å². The van der Waals surface area contributed by atoms with Gasteiger partial charge in [0.25, 0.3) is 0 Å². The van der Waals surface area contributed by atoms with E-state index in [4.69, 9.17) is 4.74 Å². The molecule has 2 heterocycles. The summed E-state index contributed by atoms with van der Waals surface area (Å²) in [5.74, 6) is 0.114. The fraction of sp³-hybridized carbons (Fsp3) is 0.529. The van der Waals surface area contributed by atoms with Gasteiger partial charge < -0.3 is 20.3 Å². The van der Waals surface area contributed by atoms with E-state index < -0.39 is 0 Å². The van der Waals surface area contributed by atoms with Gasteiger partial charge in [0.1, 0.15) is 6.04 Å². The molecule has 2 fully saturated rings. The Morgan fingerprint density at radius 3 is 3.09 bits per heavy atom. The molecule has 0 saturated carbocycles. The van der Waals surface area contributed by atoms with E-state index in [2.05, 4.69) is 10.6 Å². The monoisotopic (exact) mass is 317 g/mol. The third kappa shape index (κ3) is 3.71. The van der Waals surface area contributed by atoms with Crippen LogP contribution in [0.15, 0.2) is 24.3 Å². The average Bonchev–Trinajstić information content (AvgIpc) is 2.99. The van der Waals surface area contributed by atoms with Crippen molar-refractivity contribution in [1.29, 1.82) is 0 Å². The molecule has 0 aromatic heterocycles. The molecule has 124 valence electrons. The van der Waals surface area contributed by atoms with Crippen molar-refractivity contribution in [2.45, 2.75) is 38.5 Å². The number of amides is 2. The maximum absolute atomic E-state index is 12.3. The molecule has 1 aromatic carbocycles. The number of nitrogens with zero attached hydrogens (tertiary/aromatic N) is 1. The van der Waals surface area contributed by atoms with Gasteiger partial charge in [0.15, 0.2) is 0 Å². The predicted molar refractivity (Wildman–Crippen MR) is 87.1 cm³/mol. The molecule has 6 heteroatoms. The van der Waals surface area contributed by atoms with Gasteiger partial charge in [-0.1, -0.05) is 12.1 Å². The second-order valence-corrected chi connectivity index (χ2v) is 6.04. The van der Waals surface area contributed by atoms with E-state index in [9.17, 15) is 9.59 Å². The zero-order valence-corrected chi connectivity index (χ0v) is 13.4. The highest BCUT2D eigenvalue weighted by molar-refractivity contribution is 5.95. The van der Waals surface area contributed by atoms with Crippen molar-refractivity contribution in [2.24, 2.45) is 0 Å². The van der Waals surface area contributed by atoms with Gasteiger partial charge in [-0.15, -0.1) is 0 Å². The fourth-order valence-electron chi connectivity index (χ4n) is 3.08. The lowest BCUT2D eigenvalue weighted by atomic mass is 10.1. The van der Waals surface area contributed by atoms with Crippen LogP contribution in [0.3, 0.4) is 0 Å². The molecule has 2 atom stereocenters. The highest BCUT2D eigenvalue weighted by Crippen LogP contribution is 2.22. The lowest BCUT2D eigenvalue weighted by Crippen LogP contribution is -2.55. The number of anilines is 1. The smallest absolute Gasteiger partial charge is 0.240 e. The van der Waals surface area contributed by atoms with E-state index in [1.54, 1.807) is 0 Å². The van der Waals surface area contributed by atoms with E-state index in [-0.39, 0.29) is 24.0 Å². The van der Waals surface area contributed by atoms with Gasteiger partial charge in [-0.05, 0) is 31.0 Å². The fourth-order valence-corrected chi connectivity index (χ4v) is 3.08. The maximum atomic E-state index is 12.3. The molecule has 2 amide bonds. The summed E-state index contributed by atoms with van der Waals surface area (Å²) >= 11 is 0. The molecule has 2 saturated heterocycles. The highest BCUT2D eigenvalue weighted by Gasteiger charge is 2.28. The first kappa shape index (κ1) is 16.0. The maximum Gasteiger partial charge on any atom is 0.240 e. The zero-order valence-electron chi connectivity index (χ0n) is 13.4. The molecule has 0 radical (unpaired) electrons. The largest absolute Gasteiger partial charge is 0.375 e. The summed E-state index contributed by atoms with van der Waals surface area (Å²) in [6.07, 6.45) is 1.40. The first-order valence-electron chi connectivity index (χ1n) is 8.17. The molecular weight excluding hydrogens is 294 g/mol. The predicted octanol–water partition coefficient (Wildman–Crippen LogP) is 0.806. The first-order valence-corrected chi connectivity index (χ1v) is 8.17. The van der Waals surface area contributed by atoms with Crippen LogP contribution in [-0.2, 0) is 20.9 Å². The highest BCUT2D eigenvalue weighted by atomic mass is 16.5. The van der Waals surface area contributed by atoms with Crippen LogP contribution >= 0.6 is 0 Å². The van der Waals surface area contributed by atoms with Gasteiger partial charge >= 0.3 is 0 Å². The molecular formula is C17H23N3O3. The van der Waals surface area contributed by atoms with Crippen LogP contribution in [0.25, 0.3) is 0 Å². The van der Waals surface area contributed by atoms with Crippen molar-refractivity contribution in [3.63, 3.8) is 0 Å². The van der Waals surface area contributed by atoms with Crippen molar-refractivity contribution < 1.29 is 14.3 Å². The molecule has 0 unspecified atom stereocenters. The van der Waals surface area contributed by atoms with Crippen molar-refractivity contribution in [3.05, 3.63) is 29.8 Å². The topological polar surface area (TPSA) is 70.7 Å². The second kappa shape index (κ2) is 7.10.